The Balaban J connectivity index is 1.73. The number of halogens is 1. The van der Waals surface area contributed by atoms with Gasteiger partial charge in [0.05, 0.1) is 9.82 Å². The second kappa shape index (κ2) is 10.1. The molecule has 0 atom stereocenters. The summed E-state index contributed by atoms with van der Waals surface area (Å²) in [5.74, 6) is -0.404. The molecule has 0 aromatic heterocycles. The molecule has 1 N–H and O–H groups in total. The fraction of sp³-hybridized carbons (Fsp3) is 0.381. The largest absolute Gasteiger partial charge is 0.362 e. The lowest BCUT2D eigenvalue weighted by atomic mass is 10.2. The molecule has 2 aromatic rings. The number of carbonyl (C=O) groups excluding carboxylic acids is 1. The van der Waals surface area contributed by atoms with Crippen molar-refractivity contribution in [1.82, 2.24) is 9.21 Å². The Morgan fingerprint density at radius 1 is 1.09 bits per heavy atom. The van der Waals surface area contributed by atoms with E-state index in [1.54, 1.807) is 23.6 Å². The highest BCUT2D eigenvalue weighted by Gasteiger charge is 2.29. The molecule has 0 aliphatic carbocycles. The lowest BCUT2D eigenvalue weighted by Gasteiger charge is -2.35. The van der Waals surface area contributed by atoms with Crippen molar-refractivity contribution in [2.75, 3.05) is 49.5 Å². The zero-order valence-electron chi connectivity index (χ0n) is 18.4. The highest BCUT2D eigenvalue weighted by atomic mass is 32.2. The summed E-state index contributed by atoms with van der Waals surface area (Å²) >= 11 is 0. The van der Waals surface area contributed by atoms with E-state index in [4.69, 9.17) is 0 Å². The molecule has 0 unspecified atom stereocenters. The number of nitrogens with zero attached hydrogens (tertiary/aromatic N) is 4. The molecule has 0 saturated carbocycles. The number of nitro benzene ring substituents is 1. The number of piperazine rings is 1. The minimum atomic E-state index is -3.83. The molecule has 10 nitrogen and oxygen atoms in total. The number of hydrogen-bond donors (Lipinski definition) is 1. The fourth-order valence-electron chi connectivity index (χ4n) is 3.68. The van der Waals surface area contributed by atoms with Crippen molar-refractivity contribution < 1.29 is 22.5 Å². The molecule has 2 amide bonds. The molecule has 0 bridgehead atoms. The first kappa shape index (κ1) is 24.4. The Labute approximate surface area is 191 Å². The molecule has 1 fully saturated rings. The Hall–Kier alpha value is -3.25. The van der Waals surface area contributed by atoms with Crippen molar-refractivity contribution in [3.8, 4) is 0 Å². The number of hydrogen-bond acceptors (Lipinski definition) is 6. The van der Waals surface area contributed by atoms with Crippen molar-refractivity contribution in [2.45, 2.75) is 18.7 Å². The summed E-state index contributed by atoms with van der Waals surface area (Å²) in [5, 5.41) is 14.4. The minimum Gasteiger partial charge on any atom is -0.362 e. The number of sulfonamides is 1. The second-order valence-electron chi connectivity index (χ2n) is 7.41. The molecule has 12 heteroatoms. The van der Waals surface area contributed by atoms with Crippen LogP contribution in [0.3, 0.4) is 0 Å². The van der Waals surface area contributed by atoms with Gasteiger partial charge in [0.2, 0.25) is 10.0 Å². The van der Waals surface area contributed by atoms with E-state index in [1.807, 2.05) is 0 Å². The molecule has 3 rings (SSSR count). The van der Waals surface area contributed by atoms with Crippen molar-refractivity contribution in [3.05, 3.63) is 58.4 Å². The van der Waals surface area contributed by atoms with Gasteiger partial charge < -0.3 is 15.1 Å². The topological polar surface area (TPSA) is 116 Å². The average Bonchev–Trinajstić information content (AvgIpc) is 2.80. The summed E-state index contributed by atoms with van der Waals surface area (Å²) in [6, 6.07) is 8.98. The number of anilines is 2. The van der Waals surface area contributed by atoms with Crippen LogP contribution in [0.2, 0.25) is 0 Å². The van der Waals surface area contributed by atoms with E-state index in [0.717, 1.165) is 6.07 Å². The Morgan fingerprint density at radius 2 is 1.70 bits per heavy atom. The monoisotopic (exact) mass is 479 g/mol. The smallest absolute Gasteiger partial charge is 0.321 e. The minimum absolute atomic E-state index is 0.126. The van der Waals surface area contributed by atoms with Gasteiger partial charge in [-0.25, -0.2) is 17.6 Å². The second-order valence-corrected chi connectivity index (χ2v) is 9.35. The van der Waals surface area contributed by atoms with Gasteiger partial charge in [0.15, 0.2) is 0 Å². The van der Waals surface area contributed by atoms with Crippen LogP contribution in [0.4, 0.5) is 26.2 Å². The van der Waals surface area contributed by atoms with Crippen LogP contribution in [0.15, 0.2) is 47.4 Å². The third kappa shape index (κ3) is 5.40. The van der Waals surface area contributed by atoms with Gasteiger partial charge in [0, 0.05) is 51.0 Å². The van der Waals surface area contributed by atoms with Crippen LogP contribution < -0.4 is 10.2 Å². The van der Waals surface area contributed by atoms with Crippen LogP contribution in [0, 0.1) is 15.9 Å². The van der Waals surface area contributed by atoms with Crippen molar-refractivity contribution in [3.63, 3.8) is 0 Å². The Morgan fingerprint density at radius 3 is 2.24 bits per heavy atom. The number of rotatable bonds is 7. The molecule has 1 heterocycles. The van der Waals surface area contributed by atoms with Crippen LogP contribution in [-0.2, 0) is 10.0 Å². The van der Waals surface area contributed by atoms with Crippen molar-refractivity contribution in [1.29, 1.82) is 0 Å². The maximum absolute atomic E-state index is 13.0. The van der Waals surface area contributed by atoms with Gasteiger partial charge in [-0.1, -0.05) is 13.8 Å². The van der Waals surface area contributed by atoms with Crippen LogP contribution in [-0.4, -0.2) is 67.8 Å². The summed E-state index contributed by atoms with van der Waals surface area (Å²) in [7, 11) is -3.83. The highest BCUT2D eigenvalue weighted by molar-refractivity contribution is 7.89. The third-order valence-electron chi connectivity index (χ3n) is 5.49. The van der Waals surface area contributed by atoms with E-state index in [0.29, 0.717) is 37.6 Å². The molecule has 0 spiro atoms. The zero-order chi connectivity index (χ0) is 24.2. The summed E-state index contributed by atoms with van der Waals surface area (Å²) in [6.45, 7) is 5.21. The molecule has 178 valence electrons. The lowest BCUT2D eigenvalue weighted by molar-refractivity contribution is -0.384. The van der Waals surface area contributed by atoms with Crippen LogP contribution in [0.25, 0.3) is 0 Å². The van der Waals surface area contributed by atoms with Gasteiger partial charge in [-0.3, -0.25) is 10.1 Å². The summed E-state index contributed by atoms with van der Waals surface area (Å²) < 4.78 is 39.8. The molecule has 1 aliphatic rings. The Bertz CT molecular complexity index is 1110. The van der Waals surface area contributed by atoms with Gasteiger partial charge >= 0.3 is 6.03 Å². The highest BCUT2D eigenvalue weighted by Crippen LogP contribution is 2.32. The quantitative estimate of drug-likeness (QED) is 0.482. The predicted octanol–water partition coefficient (Wildman–Crippen LogP) is 3.12. The van der Waals surface area contributed by atoms with Crippen LogP contribution in [0.1, 0.15) is 13.8 Å². The van der Waals surface area contributed by atoms with E-state index in [9.17, 15) is 27.7 Å². The molecular weight excluding hydrogens is 453 g/mol. The number of carbonyl (C=O) groups is 1. The van der Waals surface area contributed by atoms with E-state index >= 15 is 0 Å². The molecular formula is C21H26FN5O5S. The Kier molecular flexibility index (Phi) is 7.49. The summed E-state index contributed by atoms with van der Waals surface area (Å²) in [6.07, 6.45) is 0. The van der Waals surface area contributed by atoms with E-state index < -0.39 is 20.8 Å². The first-order valence-electron chi connectivity index (χ1n) is 10.5. The maximum atomic E-state index is 13.0. The lowest BCUT2D eigenvalue weighted by Crippen LogP contribution is -2.50. The molecule has 1 saturated heterocycles. The number of amides is 2. The molecule has 2 aromatic carbocycles. The number of nitro groups is 1. The van der Waals surface area contributed by atoms with Gasteiger partial charge in [-0.05, 0) is 36.4 Å². The van der Waals surface area contributed by atoms with Crippen LogP contribution >= 0.6 is 0 Å². The van der Waals surface area contributed by atoms with E-state index in [2.05, 4.69) is 5.32 Å². The SMILES string of the molecule is CCN(CC)S(=O)(=O)c1ccc(N2CCN(C(=O)Nc3ccc(F)cc3)CC2)c([N+](=O)[O-])c1. The third-order valence-corrected chi connectivity index (χ3v) is 7.54. The van der Waals surface area contributed by atoms with Crippen molar-refractivity contribution in [2.24, 2.45) is 0 Å². The normalized spacial score (nSPS) is 14.4. The molecule has 0 radical (unpaired) electrons. The van der Waals surface area contributed by atoms with Crippen LogP contribution in [0.5, 0.6) is 0 Å². The standard InChI is InChI=1S/C21H26FN5O5S/c1-3-26(4-2)33(31,32)18-9-10-19(20(15-18)27(29)30)24-11-13-25(14-12-24)21(28)23-17-7-5-16(22)6-8-17/h5-10,15H,3-4,11-14H2,1-2H3,(H,23,28). The van der Waals surface area contributed by atoms with E-state index in [-0.39, 0.29) is 29.7 Å². The van der Waals surface area contributed by atoms with Gasteiger partial charge in [0.1, 0.15) is 11.5 Å². The van der Waals surface area contributed by atoms with Gasteiger partial charge in [0.25, 0.3) is 5.69 Å². The maximum Gasteiger partial charge on any atom is 0.321 e. The molecule has 1 aliphatic heterocycles. The molecule has 33 heavy (non-hydrogen) atoms. The first-order valence-corrected chi connectivity index (χ1v) is 12.0. The number of urea groups is 1. The van der Waals surface area contributed by atoms with Gasteiger partial charge in [-0.15, -0.1) is 0 Å². The number of benzene rings is 2. The summed E-state index contributed by atoms with van der Waals surface area (Å²) in [4.78, 5) is 26.8. The van der Waals surface area contributed by atoms with E-state index in [1.165, 1.54) is 40.7 Å². The first-order chi connectivity index (χ1) is 15.7. The average molecular weight is 480 g/mol. The van der Waals surface area contributed by atoms with Gasteiger partial charge in [-0.2, -0.15) is 4.31 Å². The zero-order valence-corrected chi connectivity index (χ0v) is 19.2. The number of nitrogens with one attached hydrogen (secondary N) is 1. The fourth-order valence-corrected chi connectivity index (χ4v) is 5.15. The van der Waals surface area contributed by atoms with Crippen molar-refractivity contribution >= 4 is 33.1 Å². The predicted molar refractivity (Wildman–Crippen MR) is 122 cm³/mol. The summed E-state index contributed by atoms with van der Waals surface area (Å²) in [5.41, 5.74) is 0.467.